The third-order valence-electron chi connectivity index (χ3n) is 6.04. The highest BCUT2D eigenvalue weighted by Crippen LogP contribution is 2.28. The second kappa shape index (κ2) is 8.68. The Morgan fingerprint density at radius 2 is 1.93 bits per heavy atom. The zero-order chi connectivity index (χ0) is 21.3. The van der Waals surface area contributed by atoms with Crippen LogP contribution < -0.4 is 4.74 Å². The minimum atomic E-state index is -0.0860. The normalized spacial score (nSPS) is 16.0. The zero-order valence-corrected chi connectivity index (χ0v) is 18.2. The Hall–Kier alpha value is -2.54. The highest BCUT2D eigenvalue weighted by molar-refractivity contribution is 6.30. The van der Waals surface area contributed by atoms with Gasteiger partial charge in [-0.05, 0) is 31.0 Å². The molecular weight excluding hydrogens is 404 g/mol. The average Bonchev–Trinajstić information content (AvgIpc) is 3.40. The van der Waals surface area contributed by atoms with E-state index in [1.54, 1.807) is 18.2 Å². The van der Waals surface area contributed by atoms with Gasteiger partial charge >= 0.3 is 0 Å². The number of halogens is 1. The Kier molecular flexibility index (Phi) is 5.99. The lowest BCUT2D eigenvalue weighted by Crippen LogP contribution is -2.36. The maximum absolute atomic E-state index is 13.2. The second-order valence-electron chi connectivity index (χ2n) is 7.90. The summed E-state index contributed by atoms with van der Waals surface area (Å²) in [5, 5.41) is 5.20. The Balaban J connectivity index is 1.50. The molecule has 1 fully saturated rings. The average molecular weight is 431 g/mol. The molecule has 1 saturated heterocycles. The smallest absolute Gasteiger partial charge is 0.257 e. The molecule has 1 aromatic heterocycles. The molecule has 3 heterocycles. The predicted octanol–water partition coefficient (Wildman–Crippen LogP) is 2.84. The van der Waals surface area contributed by atoms with E-state index >= 15 is 0 Å². The fourth-order valence-corrected chi connectivity index (χ4v) is 4.57. The van der Waals surface area contributed by atoms with Gasteiger partial charge in [-0.2, -0.15) is 5.10 Å². The van der Waals surface area contributed by atoms with E-state index in [1.807, 2.05) is 21.5 Å². The molecule has 30 heavy (non-hydrogen) atoms. The number of rotatable bonds is 5. The van der Waals surface area contributed by atoms with Crippen LogP contribution in [0.4, 0.5) is 0 Å². The topological polar surface area (TPSA) is 67.7 Å². The first-order valence-corrected chi connectivity index (χ1v) is 10.8. The van der Waals surface area contributed by atoms with E-state index in [4.69, 9.17) is 16.3 Å². The number of hydrogen-bond donors (Lipinski definition) is 0. The second-order valence-corrected chi connectivity index (χ2v) is 8.34. The highest BCUT2D eigenvalue weighted by atomic mass is 35.5. The van der Waals surface area contributed by atoms with Crippen molar-refractivity contribution in [3.63, 3.8) is 0 Å². The molecule has 8 heteroatoms. The molecule has 1 aromatic carbocycles. The fraction of sp³-hybridized carbons (Fsp3) is 0.500. The van der Waals surface area contributed by atoms with E-state index in [-0.39, 0.29) is 11.8 Å². The number of methoxy groups -OCH3 is 1. The van der Waals surface area contributed by atoms with Crippen molar-refractivity contribution in [2.45, 2.75) is 38.6 Å². The molecule has 0 radical (unpaired) electrons. The molecule has 0 bridgehead atoms. The number of carbonyl (C=O) groups is 2. The maximum Gasteiger partial charge on any atom is 0.257 e. The number of carbonyl (C=O) groups excluding carboxylic acids is 2. The van der Waals surface area contributed by atoms with Crippen LogP contribution in [-0.2, 0) is 31.2 Å². The van der Waals surface area contributed by atoms with Crippen molar-refractivity contribution in [3.8, 4) is 5.75 Å². The number of amides is 2. The van der Waals surface area contributed by atoms with Crippen LogP contribution in [0.1, 0.15) is 46.6 Å². The number of nitrogens with zero attached hydrogens (tertiary/aromatic N) is 4. The first-order chi connectivity index (χ1) is 14.5. The lowest BCUT2D eigenvalue weighted by Gasteiger charge is -2.28. The quantitative estimate of drug-likeness (QED) is 0.731. The largest absolute Gasteiger partial charge is 0.496 e. The number of ether oxygens (including phenoxy) is 1. The van der Waals surface area contributed by atoms with Crippen molar-refractivity contribution < 1.29 is 14.3 Å². The standard InChI is InChI=1S/C22H27ClN4O3/c1-25-19-9-12-27(22(29)16-6-5-15(23)13-20(16)30-2)14-17(19)18(24-25)7-8-21(28)26-10-3-4-11-26/h5-6,13H,3-4,7-12,14H2,1-2H3. The number of hydrogen-bond acceptors (Lipinski definition) is 4. The molecular formula is C22H27ClN4O3. The van der Waals surface area contributed by atoms with Gasteiger partial charge in [-0.25, -0.2) is 0 Å². The zero-order valence-electron chi connectivity index (χ0n) is 17.5. The summed E-state index contributed by atoms with van der Waals surface area (Å²) >= 11 is 6.04. The van der Waals surface area contributed by atoms with Crippen LogP contribution in [0.15, 0.2) is 18.2 Å². The van der Waals surface area contributed by atoms with E-state index in [1.165, 1.54) is 7.11 Å². The van der Waals surface area contributed by atoms with Gasteiger partial charge in [0.05, 0.1) is 18.4 Å². The van der Waals surface area contributed by atoms with E-state index < -0.39 is 0 Å². The van der Waals surface area contributed by atoms with Crippen LogP contribution in [0.2, 0.25) is 5.02 Å². The van der Waals surface area contributed by atoms with Gasteiger partial charge in [-0.15, -0.1) is 0 Å². The summed E-state index contributed by atoms with van der Waals surface area (Å²) in [6, 6.07) is 5.06. The van der Waals surface area contributed by atoms with Gasteiger partial charge in [0.15, 0.2) is 0 Å². The summed E-state index contributed by atoms with van der Waals surface area (Å²) in [4.78, 5) is 29.4. The first kappa shape index (κ1) is 20.7. The van der Waals surface area contributed by atoms with Crippen LogP contribution in [0.3, 0.4) is 0 Å². The first-order valence-electron chi connectivity index (χ1n) is 10.4. The molecule has 160 valence electrons. The van der Waals surface area contributed by atoms with Gasteiger partial charge in [-0.1, -0.05) is 11.6 Å². The maximum atomic E-state index is 13.2. The number of aryl methyl sites for hydroxylation is 2. The van der Waals surface area contributed by atoms with Crippen LogP contribution in [0.25, 0.3) is 0 Å². The molecule has 2 aliphatic heterocycles. The molecule has 2 aliphatic rings. The molecule has 0 atom stereocenters. The van der Waals surface area contributed by atoms with Crippen LogP contribution in [-0.4, -0.2) is 58.1 Å². The van der Waals surface area contributed by atoms with E-state index in [9.17, 15) is 9.59 Å². The summed E-state index contributed by atoms with van der Waals surface area (Å²) in [5.74, 6) is 0.583. The molecule has 0 aliphatic carbocycles. The van der Waals surface area contributed by atoms with Crippen molar-refractivity contribution in [1.82, 2.24) is 19.6 Å². The summed E-state index contributed by atoms with van der Waals surface area (Å²) in [5.41, 5.74) is 3.63. The van der Waals surface area contributed by atoms with Crippen molar-refractivity contribution in [3.05, 3.63) is 45.7 Å². The minimum absolute atomic E-state index is 0.0860. The summed E-state index contributed by atoms with van der Waals surface area (Å²) in [7, 11) is 3.47. The lowest BCUT2D eigenvalue weighted by molar-refractivity contribution is -0.130. The summed E-state index contributed by atoms with van der Waals surface area (Å²) < 4.78 is 7.26. The highest BCUT2D eigenvalue weighted by Gasteiger charge is 2.29. The van der Waals surface area contributed by atoms with Crippen LogP contribution in [0, 0.1) is 0 Å². The number of benzene rings is 1. The number of fused-ring (bicyclic) bond motifs is 1. The minimum Gasteiger partial charge on any atom is -0.496 e. The Morgan fingerprint density at radius 1 is 1.17 bits per heavy atom. The van der Waals surface area contributed by atoms with Gasteiger partial charge in [0.25, 0.3) is 5.91 Å². The van der Waals surface area contributed by atoms with E-state index in [2.05, 4.69) is 5.10 Å². The van der Waals surface area contributed by atoms with Crippen molar-refractivity contribution in [2.75, 3.05) is 26.7 Å². The Bertz CT molecular complexity index is 966. The molecule has 0 saturated carbocycles. The van der Waals surface area contributed by atoms with Crippen LogP contribution in [0.5, 0.6) is 5.75 Å². The molecule has 2 aromatic rings. The third kappa shape index (κ3) is 4.03. The number of likely N-dealkylation sites (tertiary alicyclic amines) is 1. The Labute approximate surface area is 181 Å². The lowest BCUT2D eigenvalue weighted by atomic mass is 10.0. The predicted molar refractivity (Wildman–Crippen MR) is 114 cm³/mol. The molecule has 0 N–H and O–H groups in total. The summed E-state index contributed by atoms with van der Waals surface area (Å²) in [6.07, 6.45) is 3.99. The van der Waals surface area contributed by atoms with Crippen molar-refractivity contribution in [1.29, 1.82) is 0 Å². The molecule has 7 nitrogen and oxygen atoms in total. The van der Waals surface area contributed by atoms with Gasteiger partial charge in [-0.3, -0.25) is 14.3 Å². The van der Waals surface area contributed by atoms with Gasteiger partial charge in [0.1, 0.15) is 5.75 Å². The molecule has 2 amide bonds. The van der Waals surface area contributed by atoms with Gasteiger partial charge in [0.2, 0.25) is 5.91 Å². The van der Waals surface area contributed by atoms with Crippen molar-refractivity contribution in [2.24, 2.45) is 7.05 Å². The molecule has 4 rings (SSSR count). The Morgan fingerprint density at radius 3 is 2.67 bits per heavy atom. The van der Waals surface area contributed by atoms with Crippen LogP contribution >= 0.6 is 11.6 Å². The van der Waals surface area contributed by atoms with Gasteiger partial charge in [0, 0.05) is 68.8 Å². The van der Waals surface area contributed by atoms with E-state index in [0.29, 0.717) is 42.3 Å². The summed E-state index contributed by atoms with van der Waals surface area (Å²) in [6.45, 7) is 2.83. The monoisotopic (exact) mass is 430 g/mol. The SMILES string of the molecule is COc1cc(Cl)ccc1C(=O)N1CCc2c(c(CCC(=O)N3CCCC3)nn2C)C1. The van der Waals surface area contributed by atoms with E-state index in [0.717, 1.165) is 49.3 Å². The van der Waals surface area contributed by atoms with Crippen molar-refractivity contribution >= 4 is 23.4 Å². The van der Waals surface area contributed by atoms with Gasteiger partial charge < -0.3 is 14.5 Å². The fourth-order valence-electron chi connectivity index (χ4n) is 4.41. The molecule has 0 spiro atoms. The number of aromatic nitrogens is 2. The third-order valence-corrected chi connectivity index (χ3v) is 6.28. The molecule has 0 unspecified atom stereocenters.